The van der Waals surface area contributed by atoms with E-state index in [4.69, 9.17) is 4.74 Å². The lowest BCUT2D eigenvalue weighted by Gasteiger charge is -2.14. The Morgan fingerprint density at radius 3 is 1.90 bits per heavy atom. The predicted octanol–water partition coefficient (Wildman–Crippen LogP) is 6.83. The summed E-state index contributed by atoms with van der Waals surface area (Å²) in [6.45, 7) is 3.58. The molecule has 0 unspecified atom stereocenters. The lowest BCUT2D eigenvalue weighted by atomic mass is 9.97. The van der Waals surface area contributed by atoms with Gasteiger partial charge in [-0.05, 0) is 60.6 Å². The molecule has 2 aromatic rings. The van der Waals surface area contributed by atoms with E-state index in [1.165, 1.54) is 12.1 Å². The smallest absolute Gasteiger partial charge is 0.416 e. The van der Waals surface area contributed by atoms with E-state index in [0.717, 1.165) is 36.6 Å². The summed E-state index contributed by atoms with van der Waals surface area (Å²) in [7, 11) is 0. The molecule has 162 valence electrons. The fraction of sp³-hybridized carbons (Fsp3) is 0.318. The van der Waals surface area contributed by atoms with Gasteiger partial charge in [0.1, 0.15) is 0 Å². The number of rotatable bonds is 8. The minimum Gasteiger partial charge on any atom is -0.463 e. The number of carbonyl (C=O) groups is 1. The largest absolute Gasteiger partial charge is 0.463 e. The number of carbonyl (C=O) groups excluding carboxylic acids is 1. The zero-order valence-electron chi connectivity index (χ0n) is 15.9. The molecular weight excluding hydrogens is 410 g/mol. The van der Waals surface area contributed by atoms with Gasteiger partial charge in [0.05, 0.1) is 17.7 Å². The molecule has 0 spiro atoms. The van der Waals surface area contributed by atoms with Crippen molar-refractivity contribution < 1.29 is 35.9 Å². The van der Waals surface area contributed by atoms with Gasteiger partial charge in [-0.2, -0.15) is 26.3 Å². The molecule has 0 aliphatic carbocycles. The summed E-state index contributed by atoms with van der Waals surface area (Å²) in [4.78, 5) is 10.9. The quantitative estimate of drug-likeness (QED) is 0.199. The molecule has 0 aliphatic heterocycles. The maximum atomic E-state index is 13.0. The molecule has 2 nitrogen and oxygen atoms in total. The van der Waals surface area contributed by atoms with Gasteiger partial charge in [0.2, 0.25) is 0 Å². The van der Waals surface area contributed by atoms with Crippen LogP contribution in [0.25, 0.3) is 11.1 Å². The second-order valence-electron chi connectivity index (χ2n) is 6.67. The predicted molar refractivity (Wildman–Crippen MR) is 101 cm³/mol. The molecule has 0 N–H and O–H groups in total. The second kappa shape index (κ2) is 9.82. The Kier molecular flexibility index (Phi) is 7.70. The SMILES string of the molecule is C=CC(=O)OCCCCCc1ccc(-c2cc(C(F)(F)F)cc(C(F)(F)F)c2)cc1. The summed E-state index contributed by atoms with van der Waals surface area (Å²) in [5.74, 6) is -0.478. The Balaban J connectivity index is 2.05. The topological polar surface area (TPSA) is 26.3 Å². The first-order valence-electron chi connectivity index (χ1n) is 9.18. The highest BCUT2D eigenvalue weighted by Crippen LogP contribution is 2.38. The molecule has 0 saturated heterocycles. The lowest BCUT2D eigenvalue weighted by molar-refractivity contribution is -0.143. The van der Waals surface area contributed by atoms with Crippen LogP contribution >= 0.6 is 0 Å². The van der Waals surface area contributed by atoms with Gasteiger partial charge in [-0.15, -0.1) is 0 Å². The number of esters is 1. The molecule has 0 fully saturated rings. The van der Waals surface area contributed by atoms with E-state index >= 15 is 0 Å². The summed E-state index contributed by atoms with van der Waals surface area (Å²) >= 11 is 0. The molecule has 0 bridgehead atoms. The first kappa shape index (κ1) is 23.5. The van der Waals surface area contributed by atoms with Crippen LogP contribution in [0, 0.1) is 0 Å². The molecule has 30 heavy (non-hydrogen) atoms. The van der Waals surface area contributed by atoms with Crippen molar-refractivity contribution >= 4 is 5.97 Å². The number of halogens is 6. The Labute approximate surface area is 170 Å². The number of hydrogen-bond acceptors (Lipinski definition) is 2. The molecular formula is C22H20F6O2. The Morgan fingerprint density at radius 1 is 0.833 bits per heavy atom. The highest BCUT2D eigenvalue weighted by Gasteiger charge is 2.36. The third kappa shape index (κ3) is 6.93. The Morgan fingerprint density at radius 2 is 1.40 bits per heavy atom. The van der Waals surface area contributed by atoms with Crippen molar-refractivity contribution in [3.63, 3.8) is 0 Å². The van der Waals surface area contributed by atoms with Crippen LogP contribution in [0.3, 0.4) is 0 Å². The molecule has 0 radical (unpaired) electrons. The maximum absolute atomic E-state index is 13.0. The van der Waals surface area contributed by atoms with Crippen LogP contribution in [0.15, 0.2) is 55.1 Å². The van der Waals surface area contributed by atoms with Crippen molar-refractivity contribution in [3.8, 4) is 11.1 Å². The summed E-state index contributed by atoms with van der Waals surface area (Å²) in [6.07, 6.45) is -5.70. The molecule has 0 amide bonds. The molecule has 8 heteroatoms. The van der Waals surface area contributed by atoms with Gasteiger partial charge in [0, 0.05) is 6.08 Å². The molecule has 0 aliphatic rings. The fourth-order valence-electron chi connectivity index (χ4n) is 2.83. The summed E-state index contributed by atoms with van der Waals surface area (Å²) in [5, 5.41) is 0. The van der Waals surface area contributed by atoms with Crippen LogP contribution in [-0.2, 0) is 28.3 Å². The number of aryl methyl sites for hydroxylation is 1. The first-order valence-corrected chi connectivity index (χ1v) is 9.18. The van der Waals surface area contributed by atoms with E-state index in [0.29, 0.717) is 19.4 Å². The second-order valence-corrected chi connectivity index (χ2v) is 6.67. The van der Waals surface area contributed by atoms with E-state index in [2.05, 4.69) is 6.58 Å². The van der Waals surface area contributed by atoms with Gasteiger partial charge in [0.25, 0.3) is 0 Å². The van der Waals surface area contributed by atoms with Gasteiger partial charge in [0.15, 0.2) is 0 Å². The summed E-state index contributed by atoms with van der Waals surface area (Å²) in [5.41, 5.74) is -1.65. The Hall–Kier alpha value is -2.77. The lowest BCUT2D eigenvalue weighted by Crippen LogP contribution is -2.11. The maximum Gasteiger partial charge on any atom is 0.416 e. The van der Waals surface area contributed by atoms with Crippen LogP contribution in [-0.4, -0.2) is 12.6 Å². The zero-order valence-corrected chi connectivity index (χ0v) is 15.9. The number of ether oxygens (including phenoxy) is 1. The molecule has 0 atom stereocenters. The third-order valence-electron chi connectivity index (χ3n) is 4.40. The minimum atomic E-state index is -4.88. The number of unbranched alkanes of at least 4 members (excludes halogenated alkanes) is 2. The average Bonchev–Trinajstić information content (AvgIpc) is 2.69. The van der Waals surface area contributed by atoms with Gasteiger partial charge < -0.3 is 4.74 Å². The highest BCUT2D eigenvalue weighted by molar-refractivity contribution is 5.81. The van der Waals surface area contributed by atoms with E-state index in [1.54, 1.807) is 12.1 Å². The van der Waals surface area contributed by atoms with Crippen LogP contribution in [0.4, 0.5) is 26.3 Å². The van der Waals surface area contributed by atoms with Crippen molar-refractivity contribution in [1.29, 1.82) is 0 Å². The highest BCUT2D eigenvalue weighted by atomic mass is 19.4. The number of benzene rings is 2. The van der Waals surface area contributed by atoms with Crippen LogP contribution in [0.5, 0.6) is 0 Å². The van der Waals surface area contributed by atoms with Gasteiger partial charge in [-0.25, -0.2) is 4.79 Å². The van der Waals surface area contributed by atoms with E-state index in [1.807, 2.05) is 0 Å². The van der Waals surface area contributed by atoms with Crippen molar-refractivity contribution in [1.82, 2.24) is 0 Å². The van der Waals surface area contributed by atoms with Crippen molar-refractivity contribution in [2.24, 2.45) is 0 Å². The first-order chi connectivity index (χ1) is 14.0. The molecule has 2 rings (SSSR count). The fourth-order valence-corrected chi connectivity index (χ4v) is 2.83. The summed E-state index contributed by atoms with van der Waals surface area (Å²) < 4.78 is 82.9. The van der Waals surface area contributed by atoms with E-state index in [9.17, 15) is 31.1 Å². The zero-order chi connectivity index (χ0) is 22.4. The average molecular weight is 430 g/mol. The van der Waals surface area contributed by atoms with Gasteiger partial charge >= 0.3 is 18.3 Å². The number of hydrogen-bond donors (Lipinski definition) is 0. The monoisotopic (exact) mass is 430 g/mol. The van der Waals surface area contributed by atoms with E-state index in [-0.39, 0.29) is 17.2 Å². The standard InChI is InChI=1S/C22H20F6O2/c1-2-20(29)30-11-5-3-4-6-15-7-9-16(10-8-15)17-12-18(21(23,24)25)14-19(13-17)22(26,27)28/h2,7-10,12-14H,1,3-6,11H2. The minimum absolute atomic E-state index is 0.115. The molecule has 2 aromatic carbocycles. The molecule has 0 aromatic heterocycles. The van der Waals surface area contributed by atoms with E-state index < -0.39 is 29.4 Å². The van der Waals surface area contributed by atoms with Crippen LogP contribution in [0.2, 0.25) is 0 Å². The molecule has 0 saturated carbocycles. The van der Waals surface area contributed by atoms with Crippen molar-refractivity contribution in [3.05, 3.63) is 71.8 Å². The third-order valence-corrected chi connectivity index (χ3v) is 4.40. The van der Waals surface area contributed by atoms with Gasteiger partial charge in [-0.1, -0.05) is 30.8 Å². The van der Waals surface area contributed by atoms with Gasteiger partial charge in [-0.3, -0.25) is 0 Å². The number of alkyl halides is 6. The van der Waals surface area contributed by atoms with Crippen molar-refractivity contribution in [2.45, 2.75) is 38.0 Å². The van der Waals surface area contributed by atoms with Crippen molar-refractivity contribution in [2.75, 3.05) is 6.61 Å². The summed E-state index contributed by atoms with van der Waals surface area (Å²) in [6, 6.07) is 7.93. The normalized spacial score (nSPS) is 11.9. The van der Waals surface area contributed by atoms with Crippen LogP contribution < -0.4 is 0 Å². The Bertz CT molecular complexity index is 834. The van der Waals surface area contributed by atoms with Crippen LogP contribution in [0.1, 0.15) is 36.0 Å². The molecule has 0 heterocycles.